The van der Waals surface area contributed by atoms with Crippen LogP contribution in [0.15, 0.2) is 22.8 Å². The van der Waals surface area contributed by atoms with E-state index in [1.165, 1.54) is 0 Å². The van der Waals surface area contributed by atoms with E-state index in [1.807, 2.05) is 6.92 Å². The second-order valence-corrected chi connectivity index (χ2v) is 4.28. The Labute approximate surface area is 90.1 Å². The summed E-state index contributed by atoms with van der Waals surface area (Å²) < 4.78 is 0. The van der Waals surface area contributed by atoms with Crippen LogP contribution in [0.5, 0.6) is 0 Å². The van der Waals surface area contributed by atoms with Gasteiger partial charge in [0.1, 0.15) is 0 Å². The molecule has 0 heterocycles. The number of hydrogen-bond donors (Lipinski definition) is 0. The van der Waals surface area contributed by atoms with Crippen molar-refractivity contribution < 1.29 is 9.59 Å². The average molecular weight is 204 g/mol. The van der Waals surface area contributed by atoms with E-state index >= 15 is 0 Å². The average Bonchev–Trinajstić information content (AvgIpc) is 2.26. The molecule has 0 fully saturated rings. The van der Waals surface area contributed by atoms with Gasteiger partial charge in [-0.05, 0) is 38.2 Å². The van der Waals surface area contributed by atoms with Crippen molar-refractivity contribution in [3.8, 4) is 0 Å². The Morgan fingerprint density at radius 2 is 1.80 bits per heavy atom. The molecule has 0 aromatic rings. The molecule has 0 aromatic heterocycles. The van der Waals surface area contributed by atoms with Gasteiger partial charge in [-0.3, -0.25) is 9.59 Å². The van der Waals surface area contributed by atoms with Crippen LogP contribution in [0.1, 0.15) is 45.4 Å². The second kappa shape index (κ2) is 4.13. The number of ketones is 2. The topological polar surface area (TPSA) is 34.1 Å². The highest BCUT2D eigenvalue weighted by Crippen LogP contribution is 2.32. The molecular formula is C13H16O2. The van der Waals surface area contributed by atoms with Crippen LogP contribution in [0.2, 0.25) is 0 Å². The van der Waals surface area contributed by atoms with Gasteiger partial charge in [0.05, 0.1) is 0 Å². The number of carbonyl (C=O) groups excluding carboxylic acids is 2. The molecule has 0 amide bonds. The van der Waals surface area contributed by atoms with E-state index in [4.69, 9.17) is 0 Å². The third kappa shape index (κ3) is 1.81. The third-order valence-electron chi connectivity index (χ3n) is 3.16. The summed E-state index contributed by atoms with van der Waals surface area (Å²) in [6, 6.07) is 0. The molecule has 0 saturated carbocycles. The summed E-state index contributed by atoms with van der Waals surface area (Å²) in [4.78, 5) is 23.8. The van der Waals surface area contributed by atoms with E-state index in [-0.39, 0.29) is 11.6 Å². The number of carbonyl (C=O) groups is 2. The van der Waals surface area contributed by atoms with Crippen LogP contribution in [-0.2, 0) is 9.59 Å². The normalized spacial score (nSPS) is 21.5. The van der Waals surface area contributed by atoms with Crippen molar-refractivity contribution in [2.24, 2.45) is 0 Å². The van der Waals surface area contributed by atoms with E-state index < -0.39 is 0 Å². The first-order chi connectivity index (χ1) is 7.24. The van der Waals surface area contributed by atoms with Crippen LogP contribution in [0.25, 0.3) is 0 Å². The van der Waals surface area contributed by atoms with Crippen molar-refractivity contribution in [2.75, 3.05) is 0 Å². The van der Waals surface area contributed by atoms with Crippen molar-refractivity contribution in [2.45, 2.75) is 45.4 Å². The molecule has 0 spiro atoms. The molecule has 2 rings (SSSR count). The second-order valence-electron chi connectivity index (χ2n) is 4.28. The Hall–Kier alpha value is -1.18. The lowest BCUT2D eigenvalue weighted by Gasteiger charge is -2.22. The van der Waals surface area contributed by atoms with Gasteiger partial charge in [0.15, 0.2) is 11.6 Å². The fraction of sp³-hybridized carbons (Fsp3) is 0.538. The number of allylic oxidation sites excluding steroid dienone is 4. The third-order valence-corrected chi connectivity index (χ3v) is 3.16. The lowest BCUT2D eigenvalue weighted by molar-refractivity contribution is -0.116. The molecule has 2 aliphatic rings. The summed E-state index contributed by atoms with van der Waals surface area (Å²) in [5, 5.41) is 0. The molecule has 15 heavy (non-hydrogen) atoms. The van der Waals surface area contributed by atoms with Crippen LogP contribution >= 0.6 is 0 Å². The first-order valence-electron chi connectivity index (χ1n) is 5.75. The highest BCUT2D eigenvalue weighted by Gasteiger charge is 2.28. The summed E-state index contributed by atoms with van der Waals surface area (Å²) >= 11 is 0. The van der Waals surface area contributed by atoms with Crippen molar-refractivity contribution in [1.29, 1.82) is 0 Å². The summed E-state index contributed by atoms with van der Waals surface area (Å²) in [5.74, 6) is 0.235. The molecule has 0 saturated heterocycles. The van der Waals surface area contributed by atoms with E-state index in [1.54, 1.807) is 6.08 Å². The number of hydrogen-bond acceptors (Lipinski definition) is 2. The maximum atomic E-state index is 12.0. The summed E-state index contributed by atoms with van der Waals surface area (Å²) in [6.45, 7) is 2.03. The van der Waals surface area contributed by atoms with Gasteiger partial charge in [-0.15, -0.1) is 0 Å². The van der Waals surface area contributed by atoms with Gasteiger partial charge in [0.25, 0.3) is 0 Å². The van der Waals surface area contributed by atoms with Gasteiger partial charge in [0.2, 0.25) is 0 Å². The fourth-order valence-electron chi connectivity index (χ4n) is 2.39. The van der Waals surface area contributed by atoms with E-state index in [0.29, 0.717) is 0 Å². The van der Waals surface area contributed by atoms with Gasteiger partial charge in [-0.1, -0.05) is 13.3 Å². The Morgan fingerprint density at radius 1 is 1.13 bits per heavy atom. The highest BCUT2D eigenvalue weighted by molar-refractivity contribution is 6.22. The van der Waals surface area contributed by atoms with Crippen LogP contribution < -0.4 is 0 Å². The molecule has 2 aliphatic carbocycles. The largest absolute Gasteiger partial charge is 0.290 e. The van der Waals surface area contributed by atoms with E-state index in [9.17, 15) is 9.59 Å². The summed E-state index contributed by atoms with van der Waals surface area (Å²) in [5.41, 5.74) is 2.34. The first kappa shape index (κ1) is 10.3. The highest BCUT2D eigenvalue weighted by atomic mass is 16.1. The Kier molecular flexibility index (Phi) is 2.85. The molecule has 0 bridgehead atoms. The zero-order valence-corrected chi connectivity index (χ0v) is 9.14. The van der Waals surface area contributed by atoms with E-state index in [2.05, 4.69) is 0 Å². The predicted molar refractivity (Wildman–Crippen MR) is 58.5 cm³/mol. The summed E-state index contributed by atoms with van der Waals surface area (Å²) in [7, 11) is 0. The molecule has 0 aromatic carbocycles. The smallest absolute Gasteiger partial charge is 0.185 e. The van der Waals surface area contributed by atoms with Gasteiger partial charge in [0, 0.05) is 16.7 Å². The van der Waals surface area contributed by atoms with Gasteiger partial charge in [-0.2, -0.15) is 0 Å². The standard InChI is InChI=1S/C13H16O2/c1-2-5-9-8-12(14)10-6-3-4-7-11(10)13(9)15/h8H,2-7H2,1H3. The molecule has 0 radical (unpaired) electrons. The van der Waals surface area contributed by atoms with Crippen LogP contribution in [-0.4, -0.2) is 11.6 Å². The molecule has 0 aliphatic heterocycles. The van der Waals surface area contributed by atoms with Gasteiger partial charge in [-0.25, -0.2) is 0 Å². The van der Waals surface area contributed by atoms with Crippen molar-refractivity contribution in [3.05, 3.63) is 22.8 Å². The zero-order valence-electron chi connectivity index (χ0n) is 9.14. The van der Waals surface area contributed by atoms with Crippen molar-refractivity contribution in [1.82, 2.24) is 0 Å². The Bertz CT molecular complexity index is 372. The number of rotatable bonds is 2. The van der Waals surface area contributed by atoms with Gasteiger partial charge < -0.3 is 0 Å². The Morgan fingerprint density at radius 3 is 2.47 bits per heavy atom. The van der Waals surface area contributed by atoms with Crippen LogP contribution in [0.3, 0.4) is 0 Å². The minimum atomic E-state index is 0.0905. The van der Waals surface area contributed by atoms with E-state index in [0.717, 1.165) is 55.2 Å². The molecule has 2 heteroatoms. The maximum absolute atomic E-state index is 12.0. The molecule has 80 valence electrons. The SMILES string of the molecule is CCCC1=CC(=O)C2=C(CCCC2)C1=O. The predicted octanol–water partition coefficient (Wildman–Crippen LogP) is 2.74. The number of Topliss-reactive ketones (excluding diaryl/α,β-unsaturated/α-hetero) is 1. The van der Waals surface area contributed by atoms with Gasteiger partial charge >= 0.3 is 0 Å². The molecule has 2 nitrogen and oxygen atoms in total. The molecular weight excluding hydrogens is 188 g/mol. The lowest BCUT2D eigenvalue weighted by Crippen LogP contribution is -2.21. The zero-order chi connectivity index (χ0) is 10.8. The minimum absolute atomic E-state index is 0.0905. The first-order valence-corrected chi connectivity index (χ1v) is 5.75. The quantitative estimate of drug-likeness (QED) is 0.648. The fourth-order valence-corrected chi connectivity index (χ4v) is 2.39. The van der Waals surface area contributed by atoms with Crippen LogP contribution in [0.4, 0.5) is 0 Å². The van der Waals surface area contributed by atoms with Crippen molar-refractivity contribution in [3.63, 3.8) is 0 Å². The van der Waals surface area contributed by atoms with Crippen LogP contribution in [0, 0.1) is 0 Å². The summed E-state index contributed by atoms with van der Waals surface area (Å²) in [6.07, 6.45) is 6.94. The molecule has 0 unspecified atom stereocenters. The monoisotopic (exact) mass is 204 g/mol. The minimum Gasteiger partial charge on any atom is -0.290 e. The molecule has 0 N–H and O–H groups in total. The molecule has 0 atom stereocenters. The Balaban J connectivity index is 2.32. The lowest BCUT2D eigenvalue weighted by atomic mass is 9.80. The maximum Gasteiger partial charge on any atom is 0.185 e. The van der Waals surface area contributed by atoms with Crippen molar-refractivity contribution >= 4 is 11.6 Å².